The summed E-state index contributed by atoms with van der Waals surface area (Å²) in [4.78, 5) is 45.4. The molecule has 0 aliphatic rings. The van der Waals surface area contributed by atoms with Gasteiger partial charge < -0.3 is 28.4 Å². The second-order valence-corrected chi connectivity index (χ2v) is 5.33. The van der Waals surface area contributed by atoms with Crippen LogP contribution in [0.5, 0.6) is 0 Å². The van der Waals surface area contributed by atoms with E-state index >= 15 is 0 Å². The van der Waals surface area contributed by atoms with Gasteiger partial charge in [0.2, 0.25) is 0 Å². The smallest absolute Gasteiger partial charge is 0.303 e. The number of hydrogen-bond acceptors (Lipinski definition) is 10. The van der Waals surface area contributed by atoms with Crippen molar-refractivity contribution >= 4 is 23.9 Å². The van der Waals surface area contributed by atoms with Gasteiger partial charge >= 0.3 is 23.9 Å². The van der Waals surface area contributed by atoms with Gasteiger partial charge in [-0.1, -0.05) is 0 Å². The van der Waals surface area contributed by atoms with Gasteiger partial charge in [-0.2, -0.15) is 0 Å². The molecule has 0 saturated carbocycles. The van der Waals surface area contributed by atoms with E-state index in [0.717, 1.165) is 13.8 Å². The molecular weight excluding hydrogens is 352 g/mol. The first-order chi connectivity index (χ1) is 12.1. The molecule has 26 heavy (non-hydrogen) atoms. The molecule has 0 spiro atoms. The normalized spacial score (nSPS) is 15.2. The number of esters is 4. The van der Waals surface area contributed by atoms with Crippen molar-refractivity contribution in [3.63, 3.8) is 0 Å². The first-order valence-corrected chi connectivity index (χ1v) is 7.79. The quantitative estimate of drug-likeness (QED) is 0.358. The lowest BCUT2D eigenvalue weighted by atomic mass is 10.0. The minimum atomic E-state index is -1.18. The van der Waals surface area contributed by atoms with E-state index in [1.807, 2.05) is 0 Å². The monoisotopic (exact) mass is 378 g/mol. The molecule has 0 N–H and O–H groups in total. The molecule has 10 heteroatoms. The van der Waals surface area contributed by atoms with Gasteiger partial charge in [-0.15, -0.1) is 0 Å². The first kappa shape index (κ1) is 23.8. The van der Waals surface area contributed by atoms with Crippen molar-refractivity contribution in [2.24, 2.45) is 0 Å². The van der Waals surface area contributed by atoms with Crippen LogP contribution in [0.1, 0.15) is 27.7 Å². The molecule has 0 rings (SSSR count). The summed E-state index contributed by atoms with van der Waals surface area (Å²) < 4.78 is 30.7. The van der Waals surface area contributed by atoms with Crippen molar-refractivity contribution < 1.29 is 47.6 Å². The molecule has 0 aliphatic heterocycles. The molecule has 0 radical (unpaired) electrons. The fourth-order valence-corrected chi connectivity index (χ4v) is 2.23. The van der Waals surface area contributed by atoms with Crippen molar-refractivity contribution in [3.8, 4) is 0 Å². The van der Waals surface area contributed by atoms with Gasteiger partial charge in [-0.25, -0.2) is 0 Å². The van der Waals surface area contributed by atoms with Crippen LogP contribution in [-0.2, 0) is 47.6 Å². The zero-order valence-electron chi connectivity index (χ0n) is 15.8. The third-order valence-corrected chi connectivity index (χ3v) is 3.05. The molecule has 10 nitrogen and oxygen atoms in total. The van der Waals surface area contributed by atoms with E-state index in [4.69, 9.17) is 28.4 Å². The standard InChI is InChI=1S/C16H26O10/c1-9(17)23-8-14(25-11(3)19)15(22-6)16(26-12(4)20)13(7-21-5)24-10(2)18/h13-16H,7-8H2,1-6H3/t13-,14-,15-,16-/m1/s1. The Kier molecular flexibility index (Phi) is 11.2. The molecule has 0 aliphatic carbocycles. The molecule has 0 aromatic carbocycles. The highest BCUT2D eigenvalue weighted by atomic mass is 16.6. The Morgan fingerprint density at radius 2 is 1.12 bits per heavy atom. The minimum Gasteiger partial charge on any atom is -0.462 e. The third-order valence-electron chi connectivity index (χ3n) is 3.05. The van der Waals surface area contributed by atoms with E-state index in [-0.39, 0.29) is 13.2 Å². The SMILES string of the molecule is COC[C@@H](OC(C)=O)[C@@H](OC(C)=O)[C@H](OC)[C@@H](COC(C)=O)OC(C)=O. The van der Waals surface area contributed by atoms with Crippen LogP contribution in [0.15, 0.2) is 0 Å². The van der Waals surface area contributed by atoms with Crippen LogP contribution >= 0.6 is 0 Å². The first-order valence-electron chi connectivity index (χ1n) is 7.79. The third kappa shape index (κ3) is 9.33. The van der Waals surface area contributed by atoms with Crippen LogP contribution in [0.25, 0.3) is 0 Å². The number of methoxy groups -OCH3 is 2. The summed E-state index contributed by atoms with van der Waals surface area (Å²) in [7, 11) is 2.65. The number of carbonyl (C=O) groups is 4. The summed E-state index contributed by atoms with van der Waals surface area (Å²) in [6.07, 6.45) is -4.43. The fourth-order valence-electron chi connectivity index (χ4n) is 2.23. The van der Waals surface area contributed by atoms with E-state index < -0.39 is 48.3 Å². The van der Waals surface area contributed by atoms with E-state index in [9.17, 15) is 19.2 Å². The maximum Gasteiger partial charge on any atom is 0.303 e. The summed E-state index contributed by atoms with van der Waals surface area (Å²) >= 11 is 0. The number of hydrogen-bond donors (Lipinski definition) is 0. The van der Waals surface area contributed by atoms with E-state index in [2.05, 4.69) is 0 Å². The highest BCUT2D eigenvalue weighted by Gasteiger charge is 2.41. The van der Waals surface area contributed by atoms with Crippen molar-refractivity contribution in [3.05, 3.63) is 0 Å². The number of carbonyl (C=O) groups excluding carboxylic acids is 4. The minimum absolute atomic E-state index is 0.113. The topological polar surface area (TPSA) is 124 Å². The molecule has 0 heterocycles. The summed E-state index contributed by atoms with van der Waals surface area (Å²) in [6.45, 7) is 4.22. The maximum atomic E-state index is 11.5. The molecule has 0 aromatic rings. The molecule has 0 amide bonds. The highest BCUT2D eigenvalue weighted by molar-refractivity contribution is 5.68. The summed E-state index contributed by atoms with van der Waals surface area (Å²) in [5, 5.41) is 0. The Balaban J connectivity index is 5.72. The second kappa shape index (κ2) is 12.2. The molecule has 0 unspecified atom stereocenters. The maximum absolute atomic E-state index is 11.5. The summed E-state index contributed by atoms with van der Waals surface area (Å²) in [6, 6.07) is 0. The Morgan fingerprint density at radius 1 is 0.654 bits per heavy atom. The molecule has 4 atom stereocenters. The number of ether oxygens (including phenoxy) is 6. The van der Waals surface area contributed by atoms with E-state index in [1.165, 1.54) is 28.1 Å². The van der Waals surface area contributed by atoms with Crippen LogP contribution in [0.4, 0.5) is 0 Å². The average Bonchev–Trinajstić information content (AvgIpc) is 2.50. The summed E-state index contributed by atoms with van der Waals surface area (Å²) in [5.41, 5.74) is 0. The molecule has 0 saturated heterocycles. The van der Waals surface area contributed by atoms with Crippen LogP contribution in [0.3, 0.4) is 0 Å². The van der Waals surface area contributed by atoms with Crippen LogP contribution in [0.2, 0.25) is 0 Å². The molecule has 0 bridgehead atoms. The molecular formula is C16H26O10. The zero-order chi connectivity index (χ0) is 20.3. The van der Waals surface area contributed by atoms with Gasteiger partial charge in [0, 0.05) is 41.9 Å². The van der Waals surface area contributed by atoms with Crippen molar-refractivity contribution in [1.82, 2.24) is 0 Å². The van der Waals surface area contributed by atoms with Gasteiger partial charge in [-0.3, -0.25) is 19.2 Å². The average molecular weight is 378 g/mol. The van der Waals surface area contributed by atoms with Gasteiger partial charge in [0.25, 0.3) is 0 Å². The van der Waals surface area contributed by atoms with Gasteiger partial charge in [0.1, 0.15) is 12.7 Å². The Morgan fingerprint density at radius 3 is 1.46 bits per heavy atom. The lowest BCUT2D eigenvalue weighted by Gasteiger charge is -2.34. The molecule has 150 valence electrons. The zero-order valence-corrected chi connectivity index (χ0v) is 15.8. The van der Waals surface area contributed by atoms with Gasteiger partial charge in [-0.05, 0) is 0 Å². The van der Waals surface area contributed by atoms with Gasteiger partial charge in [0.05, 0.1) is 6.61 Å². The van der Waals surface area contributed by atoms with Crippen molar-refractivity contribution in [2.45, 2.75) is 52.1 Å². The Bertz CT molecular complexity index is 489. The lowest BCUT2D eigenvalue weighted by Crippen LogP contribution is -2.53. The van der Waals surface area contributed by atoms with Crippen LogP contribution in [-0.4, -0.2) is 75.7 Å². The van der Waals surface area contributed by atoms with Crippen molar-refractivity contribution in [2.75, 3.05) is 27.4 Å². The van der Waals surface area contributed by atoms with Gasteiger partial charge in [0.15, 0.2) is 18.3 Å². The fraction of sp³-hybridized carbons (Fsp3) is 0.750. The predicted molar refractivity (Wildman–Crippen MR) is 86.0 cm³/mol. The Hall–Kier alpha value is -2.20. The lowest BCUT2D eigenvalue weighted by molar-refractivity contribution is -0.200. The van der Waals surface area contributed by atoms with Crippen LogP contribution < -0.4 is 0 Å². The Labute approximate surface area is 152 Å². The highest BCUT2D eigenvalue weighted by Crippen LogP contribution is 2.19. The number of rotatable bonds is 11. The van der Waals surface area contributed by atoms with Crippen LogP contribution in [0, 0.1) is 0 Å². The molecule has 0 fully saturated rings. The predicted octanol–water partition coefficient (Wildman–Crippen LogP) is 0.00600. The van der Waals surface area contributed by atoms with Crippen molar-refractivity contribution in [1.29, 1.82) is 0 Å². The molecule has 0 aromatic heterocycles. The summed E-state index contributed by atoms with van der Waals surface area (Å²) in [5.74, 6) is -2.58. The largest absolute Gasteiger partial charge is 0.462 e. The second-order valence-electron chi connectivity index (χ2n) is 5.33. The van der Waals surface area contributed by atoms with E-state index in [0.29, 0.717) is 0 Å². The van der Waals surface area contributed by atoms with E-state index in [1.54, 1.807) is 0 Å².